The number of amides is 2. The van der Waals surface area contributed by atoms with Gasteiger partial charge in [-0.1, -0.05) is 0 Å². The number of nitrogens with two attached hydrogens (primary N) is 1. The Morgan fingerprint density at radius 3 is 2.42 bits per heavy atom. The van der Waals surface area contributed by atoms with Gasteiger partial charge in [0.25, 0.3) is 11.8 Å². The average Bonchev–Trinajstić information content (AvgIpc) is 3.71. The number of nitrogens with one attached hydrogen (secondary N) is 2. The van der Waals surface area contributed by atoms with Crippen molar-refractivity contribution in [1.29, 1.82) is 0 Å². The molecule has 202 valence electrons. The maximum absolute atomic E-state index is 13.2. The molecular formula is C29H37N5O4. The van der Waals surface area contributed by atoms with Crippen molar-refractivity contribution in [2.75, 3.05) is 30.0 Å². The van der Waals surface area contributed by atoms with E-state index in [1.54, 1.807) is 24.4 Å². The van der Waals surface area contributed by atoms with Gasteiger partial charge in [-0.15, -0.1) is 0 Å². The van der Waals surface area contributed by atoms with Crippen molar-refractivity contribution >= 4 is 29.1 Å². The molecule has 1 aliphatic carbocycles. The largest absolute Gasteiger partial charge is 0.384 e. The normalized spacial score (nSPS) is 22.2. The third-order valence-electron chi connectivity index (χ3n) is 7.91. The van der Waals surface area contributed by atoms with Gasteiger partial charge in [-0.05, 0) is 81.7 Å². The number of nitrogens with zero attached hydrogens (tertiary/aromatic N) is 2. The molecule has 2 saturated heterocycles. The number of ether oxygens (including phenoxy) is 1. The molecule has 0 radical (unpaired) electrons. The van der Waals surface area contributed by atoms with Crippen molar-refractivity contribution in [3.05, 3.63) is 53.2 Å². The minimum absolute atomic E-state index is 0.0386. The maximum atomic E-state index is 13.2. The van der Waals surface area contributed by atoms with Gasteiger partial charge in [-0.2, -0.15) is 0 Å². The van der Waals surface area contributed by atoms with Crippen LogP contribution in [0.15, 0.2) is 36.5 Å². The summed E-state index contributed by atoms with van der Waals surface area (Å²) < 4.78 is 5.29. The van der Waals surface area contributed by atoms with E-state index in [0.717, 1.165) is 38.0 Å². The number of pyridine rings is 1. The van der Waals surface area contributed by atoms with Gasteiger partial charge in [-0.3, -0.25) is 14.4 Å². The lowest BCUT2D eigenvalue weighted by Crippen LogP contribution is -2.50. The first-order chi connectivity index (χ1) is 18.4. The van der Waals surface area contributed by atoms with Crippen LogP contribution in [0, 0.1) is 5.92 Å². The highest BCUT2D eigenvalue weighted by Crippen LogP contribution is 2.38. The number of ketones is 1. The Bertz CT molecular complexity index is 1170. The molecule has 2 amide bonds. The minimum atomic E-state index is -0.504. The molecule has 2 bridgehead atoms. The number of anilines is 2. The highest BCUT2D eigenvalue weighted by atomic mass is 16.5. The zero-order valence-corrected chi connectivity index (χ0v) is 21.9. The number of hydrogen-bond acceptors (Lipinski definition) is 7. The molecule has 38 heavy (non-hydrogen) atoms. The zero-order chi connectivity index (χ0) is 26.6. The van der Waals surface area contributed by atoms with E-state index in [0.29, 0.717) is 60.0 Å². The number of carbonyl (C=O) groups is 3. The zero-order valence-electron chi connectivity index (χ0n) is 21.9. The van der Waals surface area contributed by atoms with Crippen molar-refractivity contribution in [2.45, 2.75) is 70.0 Å². The van der Waals surface area contributed by atoms with Gasteiger partial charge in [0, 0.05) is 60.7 Å². The van der Waals surface area contributed by atoms with Gasteiger partial charge >= 0.3 is 0 Å². The second-order valence-corrected chi connectivity index (χ2v) is 10.7. The molecule has 4 N–H and O–H groups in total. The summed E-state index contributed by atoms with van der Waals surface area (Å²) >= 11 is 0. The molecule has 3 atom stereocenters. The molecule has 3 heterocycles. The Hall–Kier alpha value is -3.46. The Morgan fingerprint density at radius 1 is 1.05 bits per heavy atom. The Kier molecular flexibility index (Phi) is 7.93. The number of Topliss-reactive ketones (excluding diaryl/α,β-unsaturated/α-hetero) is 1. The number of fused-ring (bicyclic) bond motifs is 2. The topological polar surface area (TPSA) is 127 Å². The van der Waals surface area contributed by atoms with Crippen LogP contribution in [0.25, 0.3) is 0 Å². The molecule has 3 fully saturated rings. The predicted molar refractivity (Wildman–Crippen MR) is 146 cm³/mol. The quantitative estimate of drug-likeness (QED) is 0.289. The van der Waals surface area contributed by atoms with E-state index in [9.17, 15) is 14.4 Å². The molecule has 1 aromatic carbocycles. The molecule has 3 aliphatic rings. The van der Waals surface area contributed by atoms with E-state index >= 15 is 0 Å². The smallest absolute Gasteiger partial charge is 0.251 e. The number of primary amides is 1. The molecule has 0 unspecified atom stereocenters. The first kappa shape index (κ1) is 26.2. The Morgan fingerprint density at radius 2 is 1.79 bits per heavy atom. The van der Waals surface area contributed by atoms with Gasteiger partial charge in [0.15, 0.2) is 5.78 Å². The lowest BCUT2D eigenvalue weighted by Gasteiger charge is -2.40. The van der Waals surface area contributed by atoms with Crippen molar-refractivity contribution in [3.63, 3.8) is 0 Å². The molecule has 9 heteroatoms. The number of rotatable bonds is 12. The van der Waals surface area contributed by atoms with E-state index in [2.05, 4.69) is 20.5 Å². The fourth-order valence-corrected chi connectivity index (χ4v) is 5.72. The summed E-state index contributed by atoms with van der Waals surface area (Å²) in [7, 11) is 0. The van der Waals surface area contributed by atoms with Crippen LogP contribution in [0.5, 0.6) is 0 Å². The summed E-state index contributed by atoms with van der Waals surface area (Å²) in [4.78, 5) is 44.4. The highest BCUT2D eigenvalue weighted by Gasteiger charge is 2.41. The number of benzene rings is 1. The van der Waals surface area contributed by atoms with E-state index in [1.807, 2.05) is 19.1 Å². The summed E-state index contributed by atoms with van der Waals surface area (Å²) in [6.07, 6.45) is 8.18. The molecule has 2 aliphatic heterocycles. The van der Waals surface area contributed by atoms with Gasteiger partial charge in [0.05, 0.1) is 12.2 Å². The van der Waals surface area contributed by atoms with Crippen LogP contribution in [-0.4, -0.2) is 60.5 Å². The number of piperidine rings is 1. The van der Waals surface area contributed by atoms with Crippen molar-refractivity contribution in [2.24, 2.45) is 11.7 Å². The number of hydrogen-bond donors (Lipinski definition) is 3. The summed E-state index contributed by atoms with van der Waals surface area (Å²) in [6.45, 7) is 3.72. The monoisotopic (exact) mass is 519 g/mol. The van der Waals surface area contributed by atoms with E-state index in [-0.39, 0.29) is 17.7 Å². The van der Waals surface area contributed by atoms with Crippen LogP contribution in [0.3, 0.4) is 0 Å². The summed E-state index contributed by atoms with van der Waals surface area (Å²) in [6, 6.07) is 9.48. The average molecular weight is 520 g/mol. The van der Waals surface area contributed by atoms with Crippen LogP contribution >= 0.6 is 0 Å². The van der Waals surface area contributed by atoms with E-state index in [4.69, 9.17) is 10.5 Å². The number of carbonyl (C=O) groups excluding carboxylic acids is 3. The van der Waals surface area contributed by atoms with Gasteiger partial charge in [0.2, 0.25) is 0 Å². The highest BCUT2D eigenvalue weighted by molar-refractivity contribution is 6.02. The van der Waals surface area contributed by atoms with Crippen molar-refractivity contribution in [3.8, 4) is 0 Å². The second kappa shape index (κ2) is 11.5. The third kappa shape index (κ3) is 5.99. The lowest BCUT2D eigenvalue weighted by molar-refractivity contribution is 0.0893. The number of aromatic nitrogens is 1. The fourth-order valence-electron chi connectivity index (χ4n) is 5.72. The molecule has 5 rings (SSSR count). The van der Waals surface area contributed by atoms with Crippen molar-refractivity contribution in [1.82, 2.24) is 10.3 Å². The third-order valence-corrected chi connectivity index (χ3v) is 7.91. The van der Waals surface area contributed by atoms with Gasteiger partial charge in [0.1, 0.15) is 5.82 Å². The summed E-state index contributed by atoms with van der Waals surface area (Å²) in [5, 5.41) is 6.53. The minimum Gasteiger partial charge on any atom is -0.384 e. The fraction of sp³-hybridized carbons (Fsp3) is 0.517. The molecule has 9 nitrogen and oxygen atoms in total. The molecule has 1 saturated carbocycles. The van der Waals surface area contributed by atoms with Crippen LogP contribution < -0.4 is 21.3 Å². The predicted octanol–water partition coefficient (Wildman–Crippen LogP) is 3.54. The SMILES string of the molecule is CCOCCC(=O)c1ccc(N2[C@@H]3CC[C@H]2C[C@@H](NC(=O)c2ccc(C(N)=O)c(NCC4CC4)c2)C3)nc1. The Labute approximate surface area is 223 Å². The maximum Gasteiger partial charge on any atom is 0.251 e. The summed E-state index contributed by atoms with van der Waals surface area (Å²) in [5.41, 5.74) is 7.71. The molecule has 2 aromatic rings. The lowest BCUT2D eigenvalue weighted by atomic mass is 9.96. The van der Waals surface area contributed by atoms with Crippen LogP contribution in [-0.2, 0) is 4.74 Å². The van der Waals surface area contributed by atoms with Crippen LogP contribution in [0.4, 0.5) is 11.5 Å². The van der Waals surface area contributed by atoms with E-state index < -0.39 is 5.91 Å². The van der Waals surface area contributed by atoms with Gasteiger partial charge < -0.3 is 26.0 Å². The summed E-state index contributed by atoms with van der Waals surface area (Å²) in [5.74, 6) is 0.909. The van der Waals surface area contributed by atoms with Crippen LogP contribution in [0.2, 0.25) is 0 Å². The molecule has 0 spiro atoms. The van der Waals surface area contributed by atoms with Gasteiger partial charge in [-0.25, -0.2) is 4.98 Å². The standard InChI is InChI=1S/C29H37N5O4/c1-2-38-12-11-26(35)20-6-10-27(32-17-20)34-22-7-8-23(34)15-21(14-22)33-29(37)19-5-9-24(28(30)36)25(13-19)31-16-18-3-4-18/h5-6,9-10,13,17-18,21-23,31H,2-4,7-8,11-12,14-16H2,1H3,(H2,30,36)(H,33,37)/t21-,22+,23-. The first-order valence-corrected chi connectivity index (χ1v) is 13.8. The molecule has 1 aromatic heterocycles. The van der Waals surface area contributed by atoms with Crippen LogP contribution in [0.1, 0.15) is 82.9 Å². The Balaban J connectivity index is 1.20. The first-order valence-electron chi connectivity index (χ1n) is 13.8. The second-order valence-electron chi connectivity index (χ2n) is 10.7. The van der Waals surface area contributed by atoms with E-state index in [1.165, 1.54) is 12.8 Å². The van der Waals surface area contributed by atoms with Crippen molar-refractivity contribution < 1.29 is 19.1 Å². The molecular weight excluding hydrogens is 482 g/mol.